The van der Waals surface area contributed by atoms with E-state index in [0.29, 0.717) is 11.5 Å². The number of rotatable bonds is 3. The van der Waals surface area contributed by atoms with Gasteiger partial charge in [0.05, 0.1) is 16.7 Å². The fraction of sp³-hybridized carbons (Fsp3) is 0.412. The molecule has 0 radical (unpaired) electrons. The number of carbonyl (C=O) groups is 1. The highest BCUT2D eigenvalue weighted by molar-refractivity contribution is 7.11. The van der Waals surface area contributed by atoms with E-state index < -0.39 is 6.10 Å². The second-order valence-electron chi connectivity index (χ2n) is 5.72. The van der Waals surface area contributed by atoms with Crippen LogP contribution < -0.4 is 14.8 Å². The minimum Gasteiger partial charge on any atom is -0.482 e. The monoisotopic (exact) mass is 332 g/mol. The minimum atomic E-state index is -0.665. The molecule has 1 N–H and O–H groups in total. The number of aryl methyl sites for hydroxylation is 2. The highest BCUT2D eigenvalue weighted by Crippen LogP contribution is 2.33. The fourth-order valence-corrected chi connectivity index (χ4v) is 3.65. The van der Waals surface area contributed by atoms with Crippen molar-refractivity contribution in [2.75, 3.05) is 0 Å². The number of nitrogens with one attached hydrogen (secondary N) is 1. The summed E-state index contributed by atoms with van der Waals surface area (Å²) in [7, 11) is 0. The van der Waals surface area contributed by atoms with Crippen molar-refractivity contribution in [3.8, 4) is 11.5 Å². The molecular weight excluding hydrogens is 312 g/mol. The Hall–Kier alpha value is -2.08. The number of fused-ring (bicyclic) bond motifs is 1. The molecule has 2 aromatic rings. The normalized spacial score (nSPS) is 20.9. The van der Waals surface area contributed by atoms with Crippen LogP contribution in [0.1, 0.15) is 35.5 Å². The van der Waals surface area contributed by atoms with E-state index in [1.54, 1.807) is 11.3 Å². The van der Waals surface area contributed by atoms with Crippen LogP contribution in [0.3, 0.4) is 0 Å². The summed E-state index contributed by atoms with van der Waals surface area (Å²) in [5.74, 6) is 1.10. The van der Waals surface area contributed by atoms with Crippen LogP contribution in [-0.4, -0.2) is 23.1 Å². The SMILES string of the molecule is Cc1nc(C)c([C@H](C)NC(=O)[C@H]2Oc3ccccc3O[C@H]2C)s1. The molecule has 1 amide bonds. The van der Waals surface area contributed by atoms with Crippen LogP contribution in [0.15, 0.2) is 24.3 Å². The maximum absolute atomic E-state index is 12.6. The smallest absolute Gasteiger partial charge is 0.265 e. The molecule has 1 aliphatic rings. The van der Waals surface area contributed by atoms with Crippen LogP contribution in [0, 0.1) is 13.8 Å². The lowest BCUT2D eigenvalue weighted by Crippen LogP contribution is -2.49. The molecule has 3 atom stereocenters. The average Bonchev–Trinajstić information content (AvgIpc) is 2.85. The zero-order chi connectivity index (χ0) is 16.6. The number of ether oxygens (including phenoxy) is 2. The van der Waals surface area contributed by atoms with Crippen molar-refractivity contribution in [2.45, 2.75) is 45.9 Å². The number of amides is 1. The van der Waals surface area contributed by atoms with Crippen LogP contribution in [0.2, 0.25) is 0 Å². The van der Waals surface area contributed by atoms with Crippen LogP contribution in [0.4, 0.5) is 0 Å². The summed E-state index contributed by atoms with van der Waals surface area (Å²) in [6.07, 6.45) is -1.01. The van der Waals surface area contributed by atoms with E-state index >= 15 is 0 Å². The molecule has 2 heterocycles. The molecule has 6 heteroatoms. The summed E-state index contributed by atoms with van der Waals surface area (Å²) in [5, 5.41) is 4.01. The molecule has 0 saturated heterocycles. The van der Waals surface area contributed by atoms with Crippen molar-refractivity contribution in [3.05, 3.63) is 39.8 Å². The molecule has 0 aliphatic carbocycles. The molecule has 0 unspecified atom stereocenters. The summed E-state index contributed by atoms with van der Waals surface area (Å²) >= 11 is 1.60. The highest BCUT2D eigenvalue weighted by atomic mass is 32.1. The minimum absolute atomic E-state index is 0.110. The Kier molecular flexibility index (Phi) is 4.26. The molecule has 122 valence electrons. The summed E-state index contributed by atoms with van der Waals surface area (Å²) in [5.41, 5.74) is 0.958. The van der Waals surface area contributed by atoms with Gasteiger partial charge in [-0.05, 0) is 39.8 Å². The molecule has 0 spiro atoms. The number of carbonyl (C=O) groups excluding carboxylic acids is 1. The molecule has 1 aromatic carbocycles. The summed E-state index contributed by atoms with van der Waals surface area (Å²) in [6.45, 7) is 7.72. The molecule has 23 heavy (non-hydrogen) atoms. The predicted molar refractivity (Wildman–Crippen MR) is 89.1 cm³/mol. The molecule has 3 rings (SSSR count). The number of hydrogen-bond donors (Lipinski definition) is 1. The molecule has 1 aromatic heterocycles. The van der Waals surface area contributed by atoms with Gasteiger partial charge < -0.3 is 14.8 Å². The number of para-hydroxylation sites is 2. The lowest BCUT2D eigenvalue weighted by Gasteiger charge is -2.31. The Morgan fingerprint density at radius 1 is 1.26 bits per heavy atom. The third-order valence-electron chi connectivity index (χ3n) is 3.79. The molecule has 0 bridgehead atoms. The third kappa shape index (κ3) is 3.17. The van der Waals surface area contributed by atoms with E-state index in [0.717, 1.165) is 15.6 Å². The van der Waals surface area contributed by atoms with Crippen LogP contribution >= 0.6 is 11.3 Å². The number of nitrogens with zero attached hydrogens (tertiary/aromatic N) is 1. The first-order chi connectivity index (χ1) is 11.0. The van der Waals surface area contributed by atoms with E-state index in [2.05, 4.69) is 10.3 Å². The largest absolute Gasteiger partial charge is 0.482 e. The summed E-state index contributed by atoms with van der Waals surface area (Å²) < 4.78 is 11.6. The van der Waals surface area contributed by atoms with Gasteiger partial charge in [-0.15, -0.1) is 11.3 Å². The van der Waals surface area contributed by atoms with E-state index in [4.69, 9.17) is 9.47 Å². The third-order valence-corrected chi connectivity index (χ3v) is 5.05. The zero-order valence-corrected chi connectivity index (χ0v) is 14.4. The topological polar surface area (TPSA) is 60.5 Å². The molecule has 5 nitrogen and oxygen atoms in total. The van der Waals surface area contributed by atoms with Crippen molar-refractivity contribution in [3.63, 3.8) is 0 Å². The maximum atomic E-state index is 12.6. The van der Waals surface area contributed by atoms with Gasteiger partial charge in [0.15, 0.2) is 11.5 Å². The zero-order valence-electron chi connectivity index (χ0n) is 13.6. The van der Waals surface area contributed by atoms with Crippen molar-refractivity contribution in [1.82, 2.24) is 10.3 Å². The van der Waals surface area contributed by atoms with Crippen molar-refractivity contribution < 1.29 is 14.3 Å². The Labute approximate surface area is 139 Å². The lowest BCUT2D eigenvalue weighted by molar-refractivity contribution is -0.134. The van der Waals surface area contributed by atoms with Crippen LogP contribution in [0.25, 0.3) is 0 Å². The summed E-state index contributed by atoms with van der Waals surface area (Å²) in [6, 6.07) is 7.28. The number of benzene rings is 1. The number of aromatic nitrogens is 1. The second kappa shape index (κ2) is 6.20. The first-order valence-corrected chi connectivity index (χ1v) is 8.44. The standard InChI is InChI=1S/C17H20N2O3S/c1-9-16(23-12(4)18-9)10(2)19-17(20)15-11(3)21-13-7-5-6-8-14(13)22-15/h5-8,10-11,15H,1-4H3,(H,19,20)/t10-,11-,15-/m0/s1. The first-order valence-electron chi connectivity index (χ1n) is 7.62. The Morgan fingerprint density at radius 3 is 2.52 bits per heavy atom. The van der Waals surface area contributed by atoms with Crippen molar-refractivity contribution in [1.29, 1.82) is 0 Å². The number of thiazole rings is 1. The van der Waals surface area contributed by atoms with Gasteiger partial charge in [-0.3, -0.25) is 4.79 Å². The second-order valence-corrected chi connectivity index (χ2v) is 6.96. The van der Waals surface area contributed by atoms with Gasteiger partial charge >= 0.3 is 0 Å². The Bertz CT molecular complexity index is 728. The highest BCUT2D eigenvalue weighted by Gasteiger charge is 2.34. The Morgan fingerprint density at radius 2 is 1.91 bits per heavy atom. The van der Waals surface area contributed by atoms with Crippen molar-refractivity contribution in [2.24, 2.45) is 0 Å². The molecule has 0 fully saturated rings. The predicted octanol–water partition coefficient (Wildman–Crippen LogP) is 3.17. The van der Waals surface area contributed by atoms with Gasteiger partial charge in [-0.25, -0.2) is 4.98 Å². The quantitative estimate of drug-likeness (QED) is 0.938. The van der Waals surface area contributed by atoms with Gasteiger partial charge in [0.1, 0.15) is 6.10 Å². The van der Waals surface area contributed by atoms with Gasteiger partial charge in [-0.1, -0.05) is 12.1 Å². The average molecular weight is 332 g/mol. The molecular formula is C17H20N2O3S. The molecule has 1 aliphatic heterocycles. The summed E-state index contributed by atoms with van der Waals surface area (Å²) in [4.78, 5) is 18.1. The lowest BCUT2D eigenvalue weighted by atomic mass is 10.1. The van der Waals surface area contributed by atoms with E-state index in [-0.39, 0.29) is 18.1 Å². The Balaban J connectivity index is 1.72. The van der Waals surface area contributed by atoms with E-state index in [9.17, 15) is 4.79 Å². The number of hydrogen-bond acceptors (Lipinski definition) is 5. The van der Waals surface area contributed by atoms with Gasteiger partial charge in [0.25, 0.3) is 5.91 Å². The van der Waals surface area contributed by atoms with E-state index in [1.807, 2.05) is 52.0 Å². The van der Waals surface area contributed by atoms with Crippen LogP contribution in [0.5, 0.6) is 11.5 Å². The van der Waals surface area contributed by atoms with E-state index in [1.165, 1.54) is 0 Å². The van der Waals surface area contributed by atoms with Gasteiger partial charge in [0.2, 0.25) is 6.10 Å². The van der Waals surface area contributed by atoms with Gasteiger partial charge in [0, 0.05) is 4.88 Å². The van der Waals surface area contributed by atoms with Crippen molar-refractivity contribution >= 4 is 17.2 Å². The van der Waals surface area contributed by atoms with Crippen LogP contribution in [-0.2, 0) is 4.79 Å². The fourth-order valence-electron chi connectivity index (χ4n) is 2.72. The maximum Gasteiger partial charge on any atom is 0.265 e. The first kappa shape index (κ1) is 15.8. The molecule has 0 saturated carbocycles. The van der Waals surface area contributed by atoms with Gasteiger partial charge in [-0.2, -0.15) is 0 Å².